The molecule has 0 aliphatic heterocycles. The molecule has 0 fully saturated rings. The first-order valence-corrected chi connectivity index (χ1v) is 5.70. The summed E-state index contributed by atoms with van der Waals surface area (Å²) in [5, 5.41) is 1.06. The Morgan fingerprint density at radius 3 is 2.46 bits per heavy atom. The standard InChI is InChI=1S/C11H15BrO/c1-10-4-6-11(7-5-10)13-9-3-2-8-12/h4-7H,2-3,8-9H2,1H3. The third kappa shape index (κ3) is 4.32. The van der Waals surface area contributed by atoms with E-state index in [0.29, 0.717) is 0 Å². The van der Waals surface area contributed by atoms with Gasteiger partial charge < -0.3 is 4.74 Å². The van der Waals surface area contributed by atoms with Crippen LogP contribution in [-0.4, -0.2) is 11.9 Å². The van der Waals surface area contributed by atoms with Crippen LogP contribution in [0.4, 0.5) is 0 Å². The smallest absolute Gasteiger partial charge is 0.119 e. The zero-order valence-electron chi connectivity index (χ0n) is 7.92. The van der Waals surface area contributed by atoms with E-state index in [4.69, 9.17) is 4.74 Å². The van der Waals surface area contributed by atoms with Crippen LogP contribution in [0.2, 0.25) is 0 Å². The van der Waals surface area contributed by atoms with Crippen LogP contribution < -0.4 is 4.74 Å². The lowest BCUT2D eigenvalue weighted by atomic mass is 10.2. The van der Waals surface area contributed by atoms with Gasteiger partial charge in [-0.15, -0.1) is 0 Å². The molecule has 0 amide bonds. The highest BCUT2D eigenvalue weighted by atomic mass is 79.9. The van der Waals surface area contributed by atoms with E-state index in [0.717, 1.165) is 24.1 Å². The van der Waals surface area contributed by atoms with E-state index in [-0.39, 0.29) is 0 Å². The first kappa shape index (κ1) is 10.6. The van der Waals surface area contributed by atoms with E-state index in [9.17, 15) is 0 Å². The van der Waals surface area contributed by atoms with Crippen LogP contribution in [0.15, 0.2) is 24.3 Å². The summed E-state index contributed by atoms with van der Waals surface area (Å²) < 4.78 is 5.54. The van der Waals surface area contributed by atoms with Gasteiger partial charge in [0.2, 0.25) is 0 Å². The van der Waals surface area contributed by atoms with E-state index in [2.05, 4.69) is 35.0 Å². The molecular weight excluding hydrogens is 228 g/mol. The number of unbranched alkanes of at least 4 members (excludes halogenated alkanes) is 1. The van der Waals surface area contributed by atoms with Gasteiger partial charge in [0.05, 0.1) is 6.61 Å². The zero-order chi connectivity index (χ0) is 9.52. The lowest BCUT2D eigenvalue weighted by Crippen LogP contribution is -1.97. The average Bonchev–Trinajstić information content (AvgIpc) is 2.15. The Labute approximate surface area is 88.2 Å². The molecule has 0 spiro atoms. The summed E-state index contributed by atoms with van der Waals surface area (Å²) in [5.74, 6) is 0.972. The van der Waals surface area contributed by atoms with Gasteiger partial charge in [0.1, 0.15) is 5.75 Å². The van der Waals surface area contributed by atoms with E-state index in [1.807, 2.05) is 12.1 Å². The van der Waals surface area contributed by atoms with Crippen LogP contribution in [-0.2, 0) is 0 Å². The first-order valence-electron chi connectivity index (χ1n) is 4.58. The number of hydrogen-bond donors (Lipinski definition) is 0. The number of benzene rings is 1. The molecule has 0 aliphatic carbocycles. The van der Waals surface area contributed by atoms with Gasteiger partial charge in [-0.2, -0.15) is 0 Å². The van der Waals surface area contributed by atoms with Crippen molar-refractivity contribution >= 4 is 15.9 Å². The normalized spacial score (nSPS) is 10.0. The van der Waals surface area contributed by atoms with Gasteiger partial charge in [0.25, 0.3) is 0 Å². The van der Waals surface area contributed by atoms with Gasteiger partial charge >= 0.3 is 0 Å². The minimum absolute atomic E-state index is 0.814. The maximum Gasteiger partial charge on any atom is 0.119 e. The van der Waals surface area contributed by atoms with E-state index in [1.54, 1.807) is 0 Å². The lowest BCUT2D eigenvalue weighted by Gasteiger charge is -2.04. The lowest BCUT2D eigenvalue weighted by molar-refractivity contribution is 0.310. The van der Waals surface area contributed by atoms with E-state index >= 15 is 0 Å². The summed E-state index contributed by atoms with van der Waals surface area (Å²) >= 11 is 3.39. The fourth-order valence-corrected chi connectivity index (χ4v) is 1.42. The molecule has 0 saturated carbocycles. The summed E-state index contributed by atoms with van der Waals surface area (Å²) in [7, 11) is 0. The number of ether oxygens (including phenoxy) is 1. The second-order valence-electron chi connectivity index (χ2n) is 3.06. The SMILES string of the molecule is Cc1ccc(OCCCCBr)cc1. The average molecular weight is 243 g/mol. The Balaban J connectivity index is 2.25. The third-order valence-corrected chi connectivity index (χ3v) is 2.38. The maximum atomic E-state index is 5.54. The van der Waals surface area contributed by atoms with Crippen molar-refractivity contribution in [1.29, 1.82) is 0 Å². The predicted molar refractivity (Wildman–Crippen MR) is 59.7 cm³/mol. The zero-order valence-corrected chi connectivity index (χ0v) is 9.51. The van der Waals surface area contributed by atoms with Crippen molar-refractivity contribution in [2.75, 3.05) is 11.9 Å². The fraction of sp³-hybridized carbons (Fsp3) is 0.455. The molecule has 0 saturated heterocycles. The highest BCUT2D eigenvalue weighted by Crippen LogP contribution is 2.11. The van der Waals surface area contributed by atoms with Gasteiger partial charge in [0, 0.05) is 5.33 Å². The highest BCUT2D eigenvalue weighted by molar-refractivity contribution is 9.09. The molecule has 0 N–H and O–H groups in total. The van der Waals surface area contributed by atoms with Crippen molar-refractivity contribution < 1.29 is 4.74 Å². The van der Waals surface area contributed by atoms with Gasteiger partial charge in [-0.3, -0.25) is 0 Å². The van der Waals surface area contributed by atoms with Crippen molar-refractivity contribution in [3.63, 3.8) is 0 Å². The molecule has 1 rings (SSSR count). The largest absolute Gasteiger partial charge is 0.494 e. The van der Waals surface area contributed by atoms with Gasteiger partial charge in [-0.1, -0.05) is 33.6 Å². The Bertz CT molecular complexity index is 230. The van der Waals surface area contributed by atoms with Crippen LogP contribution in [0.3, 0.4) is 0 Å². The highest BCUT2D eigenvalue weighted by Gasteiger charge is 1.92. The maximum absolute atomic E-state index is 5.54. The molecule has 1 aromatic rings. The minimum atomic E-state index is 0.814. The minimum Gasteiger partial charge on any atom is -0.494 e. The molecule has 0 heterocycles. The molecule has 13 heavy (non-hydrogen) atoms. The van der Waals surface area contributed by atoms with Crippen molar-refractivity contribution in [2.45, 2.75) is 19.8 Å². The number of alkyl halides is 1. The van der Waals surface area contributed by atoms with Gasteiger partial charge in [-0.05, 0) is 31.9 Å². The van der Waals surface area contributed by atoms with Crippen LogP contribution in [0.5, 0.6) is 5.75 Å². The topological polar surface area (TPSA) is 9.23 Å². The van der Waals surface area contributed by atoms with Crippen LogP contribution in [0, 0.1) is 6.92 Å². The molecule has 72 valence electrons. The van der Waals surface area contributed by atoms with Crippen molar-refractivity contribution in [1.82, 2.24) is 0 Å². The number of hydrogen-bond acceptors (Lipinski definition) is 1. The molecule has 2 heteroatoms. The molecule has 0 bridgehead atoms. The number of halogens is 1. The monoisotopic (exact) mass is 242 g/mol. The number of rotatable bonds is 5. The third-order valence-electron chi connectivity index (χ3n) is 1.82. The molecule has 0 aliphatic rings. The molecular formula is C11H15BrO. The van der Waals surface area contributed by atoms with E-state index < -0.39 is 0 Å². The Kier molecular flexibility index (Phi) is 4.91. The fourth-order valence-electron chi connectivity index (χ4n) is 1.02. The summed E-state index contributed by atoms with van der Waals surface area (Å²) in [5.41, 5.74) is 1.27. The van der Waals surface area contributed by atoms with Gasteiger partial charge in [0.15, 0.2) is 0 Å². The Morgan fingerprint density at radius 2 is 1.85 bits per heavy atom. The summed E-state index contributed by atoms with van der Waals surface area (Å²) in [6, 6.07) is 8.17. The molecule has 0 unspecified atom stereocenters. The van der Waals surface area contributed by atoms with E-state index in [1.165, 1.54) is 12.0 Å². The second kappa shape index (κ2) is 6.03. The molecule has 0 atom stereocenters. The van der Waals surface area contributed by atoms with Crippen molar-refractivity contribution in [3.8, 4) is 5.75 Å². The van der Waals surface area contributed by atoms with Crippen LogP contribution >= 0.6 is 15.9 Å². The van der Waals surface area contributed by atoms with Crippen LogP contribution in [0.25, 0.3) is 0 Å². The molecule has 0 aromatic heterocycles. The molecule has 0 radical (unpaired) electrons. The Hall–Kier alpha value is -0.500. The predicted octanol–water partition coefficient (Wildman–Crippen LogP) is 3.55. The molecule has 1 aromatic carbocycles. The second-order valence-corrected chi connectivity index (χ2v) is 3.85. The van der Waals surface area contributed by atoms with Crippen LogP contribution in [0.1, 0.15) is 18.4 Å². The first-order chi connectivity index (χ1) is 6.33. The van der Waals surface area contributed by atoms with Crippen molar-refractivity contribution in [2.24, 2.45) is 0 Å². The summed E-state index contributed by atoms with van der Waals surface area (Å²) in [4.78, 5) is 0. The van der Waals surface area contributed by atoms with Crippen molar-refractivity contribution in [3.05, 3.63) is 29.8 Å². The van der Waals surface area contributed by atoms with Gasteiger partial charge in [-0.25, -0.2) is 0 Å². The summed E-state index contributed by atoms with van der Waals surface area (Å²) in [6.45, 7) is 2.89. The number of aryl methyl sites for hydroxylation is 1. The molecule has 1 nitrogen and oxygen atoms in total. The Morgan fingerprint density at radius 1 is 1.15 bits per heavy atom. The quantitative estimate of drug-likeness (QED) is 0.567. The summed E-state index contributed by atoms with van der Waals surface area (Å²) in [6.07, 6.45) is 2.28.